The van der Waals surface area contributed by atoms with Gasteiger partial charge in [-0.1, -0.05) is 29.8 Å². The fraction of sp³-hybridized carbons (Fsp3) is 0.318. The number of nitrogens with one attached hydrogen (secondary N) is 1. The molecule has 1 aliphatic rings. The van der Waals surface area contributed by atoms with Crippen LogP contribution in [0.2, 0.25) is 5.02 Å². The number of hydrogen-bond acceptors (Lipinski definition) is 4. The minimum atomic E-state index is 0.0575. The normalized spacial score (nSPS) is 14.9. The maximum atomic E-state index is 12.8. The SMILES string of the molecule is COc1ccc(OCCN2CCN(C(=O)c3cc4ccccc4[nH]3)CC2)c(Cl)c1. The highest BCUT2D eigenvalue weighted by atomic mass is 35.5. The Bertz CT molecular complexity index is 963. The summed E-state index contributed by atoms with van der Waals surface area (Å²) in [5.41, 5.74) is 1.64. The molecule has 1 aromatic heterocycles. The number of nitrogens with zero attached hydrogens (tertiary/aromatic N) is 2. The minimum absolute atomic E-state index is 0.0575. The monoisotopic (exact) mass is 413 g/mol. The van der Waals surface area contributed by atoms with E-state index >= 15 is 0 Å². The molecule has 1 aliphatic heterocycles. The van der Waals surface area contributed by atoms with Gasteiger partial charge in [0.25, 0.3) is 5.91 Å². The Hall–Kier alpha value is -2.70. The molecule has 2 aromatic carbocycles. The van der Waals surface area contributed by atoms with Gasteiger partial charge in [-0.3, -0.25) is 9.69 Å². The number of amides is 1. The molecule has 1 saturated heterocycles. The van der Waals surface area contributed by atoms with Gasteiger partial charge in [-0.25, -0.2) is 0 Å². The Balaban J connectivity index is 1.25. The van der Waals surface area contributed by atoms with Crippen molar-refractivity contribution in [3.05, 3.63) is 59.2 Å². The van der Waals surface area contributed by atoms with E-state index in [0.29, 0.717) is 41.9 Å². The van der Waals surface area contributed by atoms with Crippen LogP contribution >= 0.6 is 11.6 Å². The van der Waals surface area contributed by atoms with Crippen LogP contribution in [0.4, 0.5) is 0 Å². The number of fused-ring (bicyclic) bond motifs is 1. The van der Waals surface area contributed by atoms with Gasteiger partial charge in [0.2, 0.25) is 0 Å². The molecule has 0 radical (unpaired) electrons. The molecule has 2 heterocycles. The lowest BCUT2D eigenvalue weighted by molar-refractivity contribution is 0.0615. The number of carbonyl (C=O) groups excluding carboxylic acids is 1. The number of ether oxygens (including phenoxy) is 2. The number of halogens is 1. The minimum Gasteiger partial charge on any atom is -0.497 e. The number of methoxy groups -OCH3 is 1. The molecule has 7 heteroatoms. The summed E-state index contributed by atoms with van der Waals surface area (Å²) in [6, 6.07) is 15.3. The van der Waals surface area contributed by atoms with Gasteiger partial charge in [-0.2, -0.15) is 0 Å². The van der Waals surface area contributed by atoms with Gasteiger partial charge in [0.1, 0.15) is 23.8 Å². The van der Waals surface area contributed by atoms with Crippen molar-refractivity contribution in [2.45, 2.75) is 0 Å². The van der Waals surface area contributed by atoms with E-state index in [0.717, 1.165) is 30.5 Å². The number of hydrogen-bond donors (Lipinski definition) is 1. The molecule has 0 atom stereocenters. The summed E-state index contributed by atoms with van der Waals surface area (Å²) in [4.78, 5) is 20.2. The molecule has 3 aromatic rings. The molecule has 1 N–H and O–H groups in total. The molecule has 0 spiro atoms. The van der Waals surface area contributed by atoms with Gasteiger partial charge < -0.3 is 19.4 Å². The van der Waals surface area contributed by atoms with Crippen molar-refractivity contribution in [1.29, 1.82) is 0 Å². The van der Waals surface area contributed by atoms with Crippen LogP contribution < -0.4 is 9.47 Å². The number of H-pyrrole nitrogens is 1. The van der Waals surface area contributed by atoms with Crippen LogP contribution in [0.1, 0.15) is 10.5 Å². The van der Waals surface area contributed by atoms with E-state index in [9.17, 15) is 4.79 Å². The van der Waals surface area contributed by atoms with Crippen molar-refractivity contribution >= 4 is 28.4 Å². The lowest BCUT2D eigenvalue weighted by Crippen LogP contribution is -2.49. The molecule has 1 fully saturated rings. The van der Waals surface area contributed by atoms with E-state index in [1.807, 2.05) is 47.4 Å². The quantitative estimate of drug-likeness (QED) is 0.670. The fourth-order valence-corrected chi connectivity index (χ4v) is 3.77. The number of benzene rings is 2. The largest absolute Gasteiger partial charge is 0.497 e. The Kier molecular flexibility index (Phi) is 5.92. The van der Waals surface area contributed by atoms with Crippen LogP contribution in [0, 0.1) is 0 Å². The lowest BCUT2D eigenvalue weighted by Gasteiger charge is -2.34. The Labute approximate surface area is 175 Å². The predicted molar refractivity (Wildman–Crippen MR) is 114 cm³/mol. The number of para-hydroxylation sites is 1. The highest BCUT2D eigenvalue weighted by molar-refractivity contribution is 6.32. The number of aromatic nitrogens is 1. The fourth-order valence-electron chi connectivity index (χ4n) is 3.54. The third-order valence-electron chi connectivity index (χ3n) is 5.22. The molecule has 152 valence electrons. The zero-order valence-electron chi connectivity index (χ0n) is 16.4. The summed E-state index contributed by atoms with van der Waals surface area (Å²) in [7, 11) is 1.61. The van der Waals surface area contributed by atoms with Gasteiger partial charge in [0.15, 0.2) is 0 Å². The Morgan fingerprint density at radius 1 is 1.10 bits per heavy atom. The summed E-state index contributed by atoms with van der Waals surface area (Å²) in [5, 5.41) is 1.60. The zero-order valence-corrected chi connectivity index (χ0v) is 17.1. The first kappa shape index (κ1) is 19.6. The number of carbonyl (C=O) groups is 1. The van der Waals surface area contributed by atoms with Gasteiger partial charge in [0, 0.05) is 49.7 Å². The third kappa shape index (κ3) is 4.49. The van der Waals surface area contributed by atoms with E-state index in [1.54, 1.807) is 13.2 Å². The summed E-state index contributed by atoms with van der Waals surface area (Å²) < 4.78 is 10.9. The second kappa shape index (κ2) is 8.76. The Morgan fingerprint density at radius 2 is 1.90 bits per heavy atom. The molecular formula is C22H24ClN3O3. The molecule has 0 bridgehead atoms. The smallest absolute Gasteiger partial charge is 0.270 e. The lowest BCUT2D eigenvalue weighted by atomic mass is 10.2. The molecule has 0 aliphatic carbocycles. The zero-order chi connectivity index (χ0) is 20.2. The van der Waals surface area contributed by atoms with Crippen molar-refractivity contribution in [2.75, 3.05) is 46.4 Å². The van der Waals surface area contributed by atoms with Crippen molar-refractivity contribution < 1.29 is 14.3 Å². The molecular weight excluding hydrogens is 390 g/mol. The van der Waals surface area contributed by atoms with Crippen LogP contribution in [0.3, 0.4) is 0 Å². The predicted octanol–water partition coefficient (Wildman–Crippen LogP) is 3.67. The van der Waals surface area contributed by atoms with Crippen molar-refractivity contribution in [3.8, 4) is 11.5 Å². The number of rotatable bonds is 6. The Morgan fingerprint density at radius 3 is 2.62 bits per heavy atom. The van der Waals surface area contributed by atoms with E-state index in [4.69, 9.17) is 21.1 Å². The third-order valence-corrected chi connectivity index (χ3v) is 5.52. The van der Waals surface area contributed by atoms with Crippen LogP contribution in [0.15, 0.2) is 48.5 Å². The molecule has 1 amide bonds. The molecule has 6 nitrogen and oxygen atoms in total. The molecule has 0 unspecified atom stereocenters. The van der Waals surface area contributed by atoms with Crippen molar-refractivity contribution in [2.24, 2.45) is 0 Å². The first-order valence-corrected chi connectivity index (χ1v) is 10.1. The van der Waals surface area contributed by atoms with Gasteiger partial charge in [-0.15, -0.1) is 0 Å². The molecule has 4 rings (SSSR count). The van der Waals surface area contributed by atoms with Crippen LogP contribution in [0.5, 0.6) is 11.5 Å². The topological polar surface area (TPSA) is 57.8 Å². The second-order valence-corrected chi connectivity index (χ2v) is 7.46. The van der Waals surface area contributed by atoms with E-state index in [1.165, 1.54) is 0 Å². The van der Waals surface area contributed by atoms with Gasteiger partial charge >= 0.3 is 0 Å². The summed E-state index contributed by atoms with van der Waals surface area (Å²) >= 11 is 6.21. The summed E-state index contributed by atoms with van der Waals surface area (Å²) in [6.07, 6.45) is 0. The van der Waals surface area contributed by atoms with Crippen LogP contribution in [-0.2, 0) is 0 Å². The maximum Gasteiger partial charge on any atom is 0.270 e. The standard InChI is InChI=1S/C22H24ClN3O3/c1-28-17-6-7-21(18(23)15-17)29-13-12-25-8-10-26(11-9-25)22(27)20-14-16-4-2-3-5-19(16)24-20/h2-7,14-15,24H,8-13H2,1H3. The average Bonchev–Trinajstić information content (AvgIpc) is 3.19. The summed E-state index contributed by atoms with van der Waals surface area (Å²) in [6.45, 7) is 4.39. The van der Waals surface area contributed by atoms with Crippen molar-refractivity contribution in [1.82, 2.24) is 14.8 Å². The average molecular weight is 414 g/mol. The van der Waals surface area contributed by atoms with Gasteiger partial charge in [0.05, 0.1) is 12.1 Å². The second-order valence-electron chi connectivity index (χ2n) is 7.05. The molecule has 0 saturated carbocycles. The van der Waals surface area contributed by atoms with Crippen LogP contribution in [0.25, 0.3) is 10.9 Å². The number of piperazine rings is 1. The number of aromatic amines is 1. The highest BCUT2D eigenvalue weighted by Crippen LogP contribution is 2.28. The van der Waals surface area contributed by atoms with Crippen LogP contribution in [-0.4, -0.2) is 67.1 Å². The van der Waals surface area contributed by atoms with E-state index in [2.05, 4.69) is 9.88 Å². The summed E-state index contributed by atoms with van der Waals surface area (Å²) in [5.74, 6) is 1.42. The van der Waals surface area contributed by atoms with Gasteiger partial charge in [-0.05, 0) is 24.3 Å². The first-order chi connectivity index (χ1) is 14.1. The molecule has 29 heavy (non-hydrogen) atoms. The van der Waals surface area contributed by atoms with Crippen molar-refractivity contribution in [3.63, 3.8) is 0 Å². The first-order valence-electron chi connectivity index (χ1n) is 9.70. The van der Waals surface area contributed by atoms with E-state index < -0.39 is 0 Å². The highest BCUT2D eigenvalue weighted by Gasteiger charge is 2.23. The van der Waals surface area contributed by atoms with E-state index in [-0.39, 0.29) is 5.91 Å². The maximum absolute atomic E-state index is 12.8.